The van der Waals surface area contributed by atoms with Gasteiger partial charge in [-0.3, -0.25) is 14.9 Å². The summed E-state index contributed by atoms with van der Waals surface area (Å²) in [6.45, 7) is 4.64. The zero-order chi connectivity index (χ0) is 21.2. The molecule has 0 aliphatic heterocycles. The molecule has 1 aromatic carbocycles. The van der Waals surface area contributed by atoms with Crippen molar-refractivity contribution in [1.29, 1.82) is 0 Å². The Morgan fingerprint density at radius 2 is 1.83 bits per heavy atom. The van der Waals surface area contributed by atoms with E-state index in [1.807, 2.05) is 32.0 Å². The summed E-state index contributed by atoms with van der Waals surface area (Å²) in [6.07, 6.45) is 7.74. The molecule has 1 aliphatic rings. The summed E-state index contributed by atoms with van der Waals surface area (Å²) in [5.41, 5.74) is 4.28. The number of likely N-dealkylation sites (N-methyl/N-ethyl adjacent to an activating group) is 1. The van der Waals surface area contributed by atoms with Gasteiger partial charge in [-0.05, 0) is 63.1 Å². The van der Waals surface area contributed by atoms with E-state index in [2.05, 4.69) is 22.0 Å². The topological polar surface area (TPSA) is 91.7 Å². The van der Waals surface area contributed by atoms with Crippen molar-refractivity contribution in [2.45, 2.75) is 46.0 Å². The van der Waals surface area contributed by atoms with Crippen molar-refractivity contribution >= 4 is 23.5 Å². The molecule has 0 saturated heterocycles. The van der Waals surface area contributed by atoms with Gasteiger partial charge in [0.2, 0.25) is 0 Å². The summed E-state index contributed by atoms with van der Waals surface area (Å²) in [5, 5.41) is 7.92. The number of nitrogens with one attached hydrogen (secondary N) is 4. The molecule has 0 heterocycles. The van der Waals surface area contributed by atoms with Crippen molar-refractivity contribution < 1.29 is 19.3 Å². The van der Waals surface area contributed by atoms with Gasteiger partial charge in [0.05, 0.1) is 7.05 Å². The summed E-state index contributed by atoms with van der Waals surface area (Å²) in [4.78, 5) is 36.8. The van der Waals surface area contributed by atoms with Crippen molar-refractivity contribution in [1.82, 2.24) is 10.6 Å². The second-order valence-electron chi connectivity index (χ2n) is 7.77. The Hall–Kier alpha value is -2.67. The van der Waals surface area contributed by atoms with Crippen LogP contribution < -0.4 is 20.9 Å². The van der Waals surface area contributed by atoms with Crippen LogP contribution in [-0.4, -0.2) is 44.5 Å². The molecule has 0 saturated carbocycles. The first-order chi connectivity index (χ1) is 13.8. The molecule has 0 spiro atoms. The molecule has 4 N–H and O–H groups in total. The summed E-state index contributed by atoms with van der Waals surface area (Å²) in [5.74, 6) is -0.578. The highest BCUT2D eigenvalue weighted by atomic mass is 16.2. The predicted octanol–water partition coefficient (Wildman–Crippen LogP) is 1.47. The third-order valence-electron chi connectivity index (χ3n) is 5.17. The standard InChI is InChI=1S/C22H32N4O3/c1-16-8-7-11-19(17(16)2)24-20(27)14-26(3)15-21(28)25-22(29)23-13-12-18-9-5-4-6-10-18/h7-9,11H,4-6,10,12-15H2,1-3H3,(H,24,27)(H2,23,25,28,29)/p+1. The molecule has 4 amide bonds. The van der Waals surface area contributed by atoms with Gasteiger partial charge in [0.1, 0.15) is 0 Å². The van der Waals surface area contributed by atoms with Gasteiger partial charge in [0.25, 0.3) is 11.8 Å². The van der Waals surface area contributed by atoms with Gasteiger partial charge in [-0.2, -0.15) is 0 Å². The first-order valence-electron chi connectivity index (χ1n) is 10.3. The van der Waals surface area contributed by atoms with Crippen LogP contribution in [0.5, 0.6) is 0 Å². The van der Waals surface area contributed by atoms with Gasteiger partial charge in [-0.25, -0.2) is 4.79 Å². The third-order valence-corrected chi connectivity index (χ3v) is 5.17. The lowest BCUT2D eigenvalue weighted by Crippen LogP contribution is -3.11. The fourth-order valence-corrected chi connectivity index (χ4v) is 3.37. The molecule has 0 radical (unpaired) electrons. The molecule has 0 aromatic heterocycles. The largest absolute Gasteiger partial charge is 0.337 e. The SMILES string of the molecule is Cc1cccc(NC(=O)C[NH+](C)CC(=O)NC(=O)NCCC2=CCCCC2)c1C. The van der Waals surface area contributed by atoms with Gasteiger partial charge in [0.15, 0.2) is 13.1 Å². The Morgan fingerprint density at radius 3 is 2.55 bits per heavy atom. The minimum absolute atomic E-state index is 0.0405. The summed E-state index contributed by atoms with van der Waals surface area (Å²) < 4.78 is 0. The molecule has 7 nitrogen and oxygen atoms in total. The maximum atomic E-state index is 12.2. The van der Waals surface area contributed by atoms with E-state index in [9.17, 15) is 14.4 Å². The molecule has 2 rings (SSSR count). The minimum Gasteiger partial charge on any atom is -0.337 e. The zero-order valence-corrected chi connectivity index (χ0v) is 17.7. The van der Waals surface area contributed by atoms with Gasteiger partial charge < -0.3 is 15.5 Å². The van der Waals surface area contributed by atoms with E-state index < -0.39 is 11.9 Å². The lowest BCUT2D eigenvalue weighted by atomic mass is 9.97. The minimum atomic E-state index is -0.487. The van der Waals surface area contributed by atoms with Gasteiger partial charge in [-0.15, -0.1) is 0 Å². The highest BCUT2D eigenvalue weighted by molar-refractivity contribution is 5.95. The number of aryl methyl sites for hydroxylation is 1. The van der Waals surface area contributed by atoms with Crippen LogP contribution >= 0.6 is 0 Å². The van der Waals surface area contributed by atoms with Crippen molar-refractivity contribution in [3.8, 4) is 0 Å². The maximum Gasteiger partial charge on any atom is 0.321 e. The monoisotopic (exact) mass is 401 g/mol. The smallest absolute Gasteiger partial charge is 0.321 e. The molecule has 1 aliphatic carbocycles. The van der Waals surface area contributed by atoms with Crippen LogP contribution in [0.15, 0.2) is 29.8 Å². The van der Waals surface area contributed by atoms with Crippen LogP contribution in [0.3, 0.4) is 0 Å². The van der Waals surface area contributed by atoms with E-state index in [1.165, 1.54) is 18.4 Å². The molecule has 0 fully saturated rings. The number of allylic oxidation sites excluding steroid dienone is 1. The predicted molar refractivity (Wildman–Crippen MR) is 114 cm³/mol. The van der Waals surface area contributed by atoms with Crippen LogP contribution in [0.1, 0.15) is 43.2 Å². The second-order valence-corrected chi connectivity index (χ2v) is 7.77. The number of hydrogen-bond donors (Lipinski definition) is 4. The average Bonchev–Trinajstić information content (AvgIpc) is 2.66. The number of urea groups is 1. The van der Waals surface area contributed by atoms with Gasteiger partial charge in [0, 0.05) is 12.2 Å². The first kappa shape index (κ1) is 22.6. The number of carbonyl (C=O) groups excluding carboxylic acids is 3. The summed E-state index contributed by atoms with van der Waals surface area (Å²) >= 11 is 0. The maximum absolute atomic E-state index is 12.2. The van der Waals surface area contributed by atoms with Crippen molar-refractivity contribution in [2.24, 2.45) is 0 Å². The molecule has 1 atom stereocenters. The summed E-state index contributed by atoms with van der Waals surface area (Å²) in [6, 6.07) is 5.25. The normalized spacial score (nSPS) is 14.5. The van der Waals surface area contributed by atoms with E-state index in [0.29, 0.717) is 11.4 Å². The van der Waals surface area contributed by atoms with Crippen LogP contribution in [-0.2, 0) is 9.59 Å². The number of imide groups is 1. The van der Waals surface area contributed by atoms with Gasteiger partial charge in [-0.1, -0.05) is 23.8 Å². The first-order valence-corrected chi connectivity index (χ1v) is 10.3. The van der Waals surface area contributed by atoms with Crippen molar-refractivity contribution in [3.05, 3.63) is 41.0 Å². The van der Waals surface area contributed by atoms with E-state index >= 15 is 0 Å². The van der Waals surface area contributed by atoms with Gasteiger partial charge >= 0.3 is 6.03 Å². The van der Waals surface area contributed by atoms with Crippen molar-refractivity contribution in [3.63, 3.8) is 0 Å². The number of carbonyl (C=O) groups is 3. The van der Waals surface area contributed by atoms with Crippen LogP contribution in [0.2, 0.25) is 0 Å². The third kappa shape index (κ3) is 8.07. The Balaban J connectivity index is 1.66. The second kappa shape index (κ2) is 11.4. The molecule has 7 heteroatoms. The quantitative estimate of drug-likeness (QED) is 0.497. The highest BCUT2D eigenvalue weighted by Crippen LogP contribution is 2.19. The lowest BCUT2D eigenvalue weighted by molar-refractivity contribution is -0.862. The van der Waals surface area contributed by atoms with Crippen LogP contribution in [0.25, 0.3) is 0 Å². The fraction of sp³-hybridized carbons (Fsp3) is 0.500. The Labute approximate surface area is 172 Å². The van der Waals surface area contributed by atoms with E-state index in [4.69, 9.17) is 0 Å². The number of quaternary nitrogens is 1. The Kier molecular flexibility index (Phi) is 8.86. The number of amides is 4. The highest BCUT2D eigenvalue weighted by Gasteiger charge is 2.17. The van der Waals surface area contributed by atoms with Crippen LogP contribution in [0, 0.1) is 13.8 Å². The lowest BCUT2D eigenvalue weighted by Gasteiger charge is -2.15. The van der Waals surface area contributed by atoms with Crippen LogP contribution in [0.4, 0.5) is 10.5 Å². The van der Waals surface area contributed by atoms with Crippen molar-refractivity contribution in [2.75, 3.05) is 32.0 Å². The van der Waals surface area contributed by atoms with E-state index in [1.54, 1.807) is 7.05 Å². The molecule has 0 bridgehead atoms. The fourth-order valence-electron chi connectivity index (χ4n) is 3.37. The number of benzene rings is 1. The number of anilines is 1. The average molecular weight is 402 g/mol. The molecule has 1 aromatic rings. The molecule has 29 heavy (non-hydrogen) atoms. The van der Waals surface area contributed by atoms with E-state index in [0.717, 1.165) is 36.1 Å². The zero-order valence-electron chi connectivity index (χ0n) is 17.7. The Morgan fingerprint density at radius 1 is 1.07 bits per heavy atom. The molecular formula is C22H33N4O3+. The number of rotatable bonds is 8. The Bertz CT molecular complexity index is 773. The molecular weight excluding hydrogens is 368 g/mol. The molecule has 158 valence electrons. The number of hydrogen-bond acceptors (Lipinski definition) is 3. The molecule has 1 unspecified atom stereocenters. The summed E-state index contributed by atoms with van der Waals surface area (Å²) in [7, 11) is 1.75. The van der Waals surface area contributed by atoms with E-state index in [-0.39, 0.29) is 19.0 Å².